The molecule has 1 saturated carbocycles. The van der Waals surface area contributed by atoms with Crippen LogP contribution in [0, 0.1) is 17.3 Å². The minimum atomic E-state index is -1.24. The van der Waals surface area contributed by atoms with Crippen LogP contribution in [-0.2, 0) is 4.79 Å². The molecule has 0 radical (unpaired) electrons. The minimum absolute atomic E-state index is 0.0278. The summed E-state index contributed by atoms with van der Waals surface area (Å²) in [6.07, 6.45) is 5.47. The van der Waals surface area contributed by atoms with Crippen LogP contribution in [0.25, 0.3) is 0 Å². The number of allylic oxidation sites excluding steroid dienone is 1. The molecular weight excluding hydrogens is 212 g/mol. The summed E-state index contributed by atoms with van der Waals surface area (Å²) < 4.78 is 0. The SMILES string of the molecule is CC1CCC(=O)C(C)(O)C=C2CC(C)(C)CC21. The summed E-state index contributed by atoms with van der Waals surface area (Å²) in [5.41, 5.74) is 0.378. The van der Waals surface area contributed by atoms with Gasteiger partial charge in [-0.1, -0.05) is 26.3 Å². The maximum absolute atomic E-state index is 11.9. The Balaban J connectivity index is 2.38. The van der Waals surface area contributed by atoms with Gasteiger partial charge >= 0.3 is 0 Å². The smallest absolute Gasteiger partial charge is 0.168 e. The summed E-state index contributed by atoms with van der Waals surface area (Å²) in [6, 6.07) is 0. The molecule has 2 heteroatoms. The van der Waals surface area contributed by atoms with Gasteiger partial charge in [-0.25, -0.2) is 0 Å². The third kappa shape index (κ3) is 2.47. The van der Waals surface area contributed by atoms with E-state index in [1.54, 1.807) is 6.92 Å². The quantitative estimate of drug-likeness (QED) is 0.656. The number of carbonyl (C=O) groups is 1. The zero-order valence-electron chi connectivity index (χ0n) is 11.4. The summed E-state index contributed by atoms with van der Waals surface area (Å²) in [6.45, 7) is 8.44. The van der Waals surface area contributed by atoms with Crippen molar-refractivity contribution >= 4 is 5.78 Å². The van der Waals surface area contributed by atoms with Crippen molar-refractivity contribution in [1.82, 2.24) is 0 Å². The molecule has 2 aliphatic carbocycles. The minimum Gasteiger partial charge on any atom is -0.378 e. The van der Waals surface area contributed by atoms with Crippen molar-refractivity contribution in [3.63, 3.8) is 0 Å². The molecule has 0 aromatic carbocycles. The molecule has 0 aliphatic heterocycles. The van der Waals surface area contributed by atoms with E-state index >= 15 is 0 Å². The first-order valence-electron chi connectivity index (χ1n) is 6.69. The first-order chi connectivity index (χ1) is 7.71. The zero-order chi connectivity index (χ0) is 12.8. The van der Waals surface area contributed by atoms with Crippen molar-refractivity contribution in [2.24, 2.45) is 17.3 Å². The molecule has 3 unspecified atom stereocenters. The van der Waals surface area contributed by atoms with Crippen LogP contribution in [0.5, 0.6) is 0 Å². The number of Topliss-reactive ketones (excluding diaryl/α,β-unsaturated/α-hetero) is 1. The second-order valence-electron chi connectivity index (χ2n) is 6.96. The Morgan fingerprint density at radius 2 is 2.00 bits per heavy atom. The van der Waals surface area contributed by atoms with Crippen molar-refractivity contribution in [1.29, 1.82) is 0 Å². The Morgan fingerprint density at radius 1 is 1.35 bits per heavy atom. The third-order valence-corrected chi connectivity index (χ3v) is 4.48. The van der Waals surface area contributed by atoms with Crippen LogP contribution < -0.4 is 0 Å². The van der Waals surface area contributed by atoms with E-state index in [-0.39, 0.29) is 5.78 Å². The molecule has 0 saturated heterocycles. The fourth-order valence-corrected chi connectivity index (χ4v) is 3.46. The lowest BCUT2D eigenvalue weighted by atomic mass is 9.78. The molecule has 2 nitrogen and oxygen atoms in total. The lowest BCUT2D eigenvalue weighted by Gasteiger charge is -2.28. The van der Waals surface area contributed by atoms with E-state index in [0.717, 1.165) is 12.8 Å². The summed E-state index contributed by atoms with van der Waals surface area (Å²) in [4.78, 5) is 11.9. The molecule has 0 bridgehead atoms. The Labute approximate surface area is 104 Å². The van der Waals surface area contributed by atoms with Gasteiger partial charge in [-0.05, 0) is 49.5 Å². The Kier molecular flexibility index (Phi) is 2.97. The number of rotatable bonds is 0. The van der Waals surface area contributed by atoms with Crippen LogP contribution in [0.2, 0.25) is 0 Å². The van der Waals surface area contributed by atoms with Gasteiger partial charge in [-0.2, -0.15) is 0 Å². The van der Waals surface area contributed by atoms with E-state index in [1.165, 1.54) is 12.0 Å². The fraction of sp³-hybridized carbons (Fsp3) is 0.800. The normalized spacial score (nSPS) is 41.5. The standard InChI is InChI=1S/C15H24O2/c1-10-5-6-13(16)15(4,17)8-11-7-14(2,3)9-12(10)11/h8,10,12,17H,5-7,9H2,1-4H3. The van der Waals surface area contributed by atoms with Crippen LogP contribution in [0.15, 0.2) is 11.6 Å². The molecule has 0 spiro atoms. The van der Waals surface area contributed by atoms with Crippen molar-refractivity contribution in [3.8, 4) is 0 Å². The molecule has 1 N–H and O–H groups in total. The molecule has 2 rings (SSSR count). The van der Waals surface area contributed by atoms with E-state index in [1.807, 2.05) is 6.08 Å². The Hall–Kier alpha value is -0.630. The molecule has 0 heterocycles. The van der Waals surface area contributed by atoms with Gasteiger partial charge in [0.25, 0.3) is 0 Å². The highest BCUT2D eigenvalue weighted by molar-refractivity contribution is 5.89. The van der Waals surface area contributed by atoms with Crippen molar-refractivity contribution in [2.45, 2.75) is 59.0 Å². The summed E-state index contributed by atoms with van der Waals surface area (Å²) >= 11 is 0. The van der Waals surface area contributed by atoms with E-state index in [2.05, 4.69) is 20.8 Å². The number of aliphatic hydroxyl groups is 1. The molecule has 0 aromatic rings. The predicted molar refractivity (Wildman–Crippen MR) is 68.6 cm³/mol. The van der Waals surface area contributed by atoms with E-state index in [9.17, 15) is 9.90 Å². The molecule has 17 heavy (non-hydrogen) atoms. The molecule has 3 atom stereocenters. The van der Waals surface area contributed by atoms with Gasteiger partial charge in [-0.3, -0.25) is 4.79 Å². The lowest BCUT2D eigenvalue weighted by molar-refractivity contribution is -0.132. The number of carbonyl (C=O) groups excluding carboxylic acids is 1. The third-order valence-electron chi connectivity index (χ3n) is 4.48. The van der Waals surface area contributed by atoms with Crippen molar-refractivity contribution in [3.05, 3.63) is 11.6 Å². The van der Waals surface area contributed by atoms with Crippen LogP contribution >= 0.6 is 0 Å². The average Bonchev–Trinajstić information content (AvgIpc) is 2.47. The molecule has 2 aliphatic rings. The molecule has 1 fully saturated rings. The maximum Gasteiger partial charge on any atom is 0.168 e. The van der Waals surface area contributed by atoms with Crippen LogP contribution in [0.3, 0.4) is 0 Å². The van der Waals surface area contributed by atoms with Crippen LogP contribution in [-0.4, -0.2) is 16.5 Å². The second kappa shape index (κ2) is 3.94. The maximum atomic E-state index is 11.9. The highest BCUT2D eigenvalue weighted by atomic mass is 16.3. The van der Waals surface area contributed by atoms with Gasteiger partial charge < -0.3 is 5.11 Å². The van der Waals surface area contributed by atoms with Gasteiger partial charge in [-0.15, -0.1) is 0 Å². The van der Waals surface area contributed by atoms with Crippen molar-refractivity contribution < 1.29 is 9.90 Å². The monoisotopic (exact) mass is 236 g/mol. The number of hydrogen-bond donors (Lipinski definition) is 1. The van der Waals surface area contributed by atoms with Crippen LogP contribution in [0.1, 0.15) is 53.4 Å². The highest BCUT2D eigenvalue weighted by Crippen LogP contribution is 2.50. The van der Waals surface area contributed by atoms with Gasteiger partial charge in [0, 0.05) is 6.42 Å². The van der Waals surface area contributed by atoms with Gasteiger partial charge in [0.2, 0.25) is 0 Å². The van der Waals surface area contributed by atoms with Gasteiger partial charge in [0.05, 0.1) is 0 Å². The van der Waals surface area contributed by atoms with Gasteiger partial charge in [0.15, 0.2) is 5.78 Å². The molecule has 0 aromatic heterocycles. The van der Waals surface area contributed by atoms with Crippen molar-refractivity contribution in [2.75, 3.05) is 0 Å². The number of fused-ring (bicyclic) bond motifs is 1. The van der Waals surface area contributed by atoms with E-state index in [0.29, 0.717) is 23.7 Å². The topological polar surface area (TPSA) is 37.3 Å². The average molecular weight is 236 g/mol. The summed E-state index contributed by atoms with van der Waals surface area (Å²) in [5, 5.41) is 10.2. The van der Waals surface area contributed by atoms with Gasteiger partial charge in [0.1, 0.15) is 5.60 Å². The summed E-state index contributed by atoms with van der Waals surface area (Å²) in [7, 11) is 0. The molecular formula is C15H24O2. The lowest BCUT2D eigenvalue weighted by Crippen LogP contribution is -2.35. The number of ketones is 1. The first-order valence-corrected chi connectivity index (χ1v) is 6.69. The summed E-state index contributed by atoms with van der Waals surface area (Å²) in [5.74, 6) is 1.09. The Bertz CT molecular complexity index is 363. The largest absolute Gasteiger partial charge is 0.378 e. The second-order valence-corrected chi connectivity index (χ2v) is 6.96. The molecule has 96 valence electrons. The zero-order valence-corrected chi connectivity index (χ0v) is 11.4. The van der Waals surface area contributed by atoms with Crippen LogP contribution in [0.4, 0.5) is 0 Å². The first kappa shape index (κ1) is 12.8. The Morgan fingerprint density at radius 3 is 2.65 bits per heavy atom. The fourth-order valence-electron chi connectivity index (χ4n) is 3.46. The highest BCUT2D eigenvalue weighted by Gasteiger charge is 2.41. The number of hydrogen-bond acceptors (Lipinski definition) is 2. The van der Waals surface area contributed by atoms with E-state index < -0.39 is 5.60 Å². The van der Waals surface area contributed by atoms with E-state index in [4.69, 9.17) is 0 Å². The predicted octanol–water partition coefficient (Wildman–Crippen LogP) is 3.10. The molecule has 0 amide bonds.